The second kappa shape index (κ2) is 18.2. The molecule has 0 saturated heterocycles. The number of hydrogen-bond acceptors (Lipinski definition) is 4. The smallest absolute Gasteiger partial charge is 0.108 e. The van der Waals surface area contributed by atoms with Gasteiger partial charge in [0, 0.05) is 29.0 Å². The van der Waals surface area contributed by atoms with Gasteiger partial charge < -0.3 is 16.0 Å². The molecule has 0 radical (unpaired) electrons. The van der Waals surface area contributed by atoms with Crippen molar-refractivity contribution in [3.8, 4) is 0 Å². The van der Waals surface area contributed by atoms with Crippen LogP contribution in [0.4, 0.5) is 11.4 Å². The van der Waals surface area contributed by atoms with Crippen molar-refractivity contribution in [3.63, 3.8) is 0 Å². The van der Waals surface area contributed by atoms with Crippen LogP contribution in [0.15, 0.2) is 230 Å². The predicted molar refractivity (Wildman–Crippen MR) is 271 cm³/mol. The lowest BCUT2D eigenvalue weighted by molar-refractivity contribution is 0.874. The number of nitrogens with one attached hydrogen (secondary N) is 1. The SMILES string of the molecule is C=C1C=CNC2=C(CCC(c3ccc4c(c3)CC/C=C\C(=C)N4/C(N)=C/C(=C\Cc3ccccc3)c3ccccc3)=C2)N1c1ccc2c3ccccc3c3ccccc3c2c1.CC. The highest BCUT2D eigenvalue weighted by Gasteiger charge is 2.26. The second-order valence-corrected chi connectivity index (χ2v) is 16.1. The van der Waals surface area contributed by atoms with Crippen molar-refractivity contribution in [3.05, 3.63) is 252 Å². The fourth-order valence-electron chi connectivity index (χ4n) is 9.29. The third kappa shape index (κ3) is 8.16. The number of nitrogens with two attached hydrogens (primary N) is 1. The van der Waals surface area contributed by atoms with E-state index in [1.54, 1.807) is 0 Å². The summed E-state index contributed by atoms with van der Waals surface area (Å²) in [5.74, 6) is 0.630. The first-order valence-electron chi connectivity index (χ1n) is 22.2. The van der Waals surface area contributed by atoms with Crippen LogP contribution in [0.2, 0.25) is 0 Å². The van der Waals surface area contributed by atoms with E-state index in [4.69, 9.17) is 5.73 Å². The summed E-state index contributed by atoms with van der Waals surface area (Å²) in [6.45, 7) is 13.0. The van der Waals surface area contributed by atoms with Gasteiger partial charge in [-0.1, -0.05) is 160 Å². The van der Waals surface area contributed by atoms with Crippen LogP contribution in [0.5, 0.6) is 0 Å². The van der Waals surface area contributed by atoms with E-state index in [1.807, 2.05) is 26.1 Å². The maximum Gasteiger partial charge on any atom is 0.108 e. The fraction of sp³-hybridized carbons (Fsp3) is 0.119. The highest BCUT2D eigenvalue weighted by Crippen LogP contribution is 2.42. The van der Waals surface area contributed by atoms with Gasteiger partial charge >= 0.3 is 0 Å². The average Bonchev–Trinajstić information content (AvgIpc) is 3.50. The molecule has 0 amide bonds. The van der Waals surface area contributed by atoms with Crippen LogP contribution in [-0.4, -0.2) is 0 Å². The van der Waals surface area contributed by atoms with Gasteiger partial charge in [0.25, 0.3) is 0 Å². The molecule has 0 unspecified atom stereocenters. The standard InChI is InChI=1S/C57H48N4.C2H6/c1-39-15-9-10-20-46-35-43(27-31-55(46)61(39)57(58)37-45(42-18-7-4-8-19-42)26-25-41-16-5-3-6-17-41)44-28-32-56-54(36-44)59-34-33-40(2)60(56)47-29-30-52-50-23-12-11-21-48(50)49-22-13-14-24-51(49)53(52)38-47;1-2/h3-9,11-19,21-24,26-27,29-31,33-38,59H,1-2,10,20,25,28,32,58H2;1-2H3/b15-9-,45-26+,57-37+;. The Kier molecular flexibility index (Phi) is 11.8. The maximum atomic E-state index is 7.11. The van der Waals surface area contributed by atoms with Gasteiger partial charge in [-0.05, 0) is 146 Å². The molecule has 4 heteroatoms. The van der Waals surface area contributed by atoms with E-state index >= 15 is 0 Å². The van der Waals surface area contributed by atoms with E-state index in [0.717, 1.165) is 71.7 Å². The van der Waals surface area contributed by atoms with E-state index < -0.39 is 0 Å². The Morgan fingerprint density at radius 3 is 2.03 bits per heavy atom. The zero-order valence-electron chi connectivity index (χ0n) is 36.3. The Morgan fingerprint density at radius 2 is 1.32 bits per heavy atom. The molecule has 7 aromatic carbocycles. The summed E-state index contributed by atoms with van der Waals surface area (Å²) in [4.78, 5) is 4.45. The molecule has 0 bridgehead atoms. The summed E-state index contributed by atoms with van der Waals surface area (Å²) in [6, 6.07) is 52.3. The lowest BCUT2D eigenvalue weighted by atomic mass is 9.90. The summed E-state index contributed by atoms with van der Waals surface area (Å²) in [6.07, 6.45) is 19.5. The highest BCUT2D eigenvalue weighted by atomic mass is 15.2. The number of aryl methyl sites for hydroxylation is 1. The molecular formula is C59H54N4. The molecule has 0 atom stereocenters. The Morgan fingerprint density at radius 1 is 0.667 bits per heavy atom. The Labute approximate surface area is 372 Å². The van der Waals surface area contributed by atoms with Crippen molar-refractivity contribution in [2.45, 2.75) is 46.0 Å². The molecule has 2 heterocycles. The maximum absolute atomic E-state index is 7.11. The van der Waals surface area contributed by atoms with Crippen molar-refractivity contribution >= 4 is 54.8 Å². The van der Waals surface area contributed by atoms with Crippen LogP contribution >= 0.6 is 0 Å². The Bertz CT molecular complexity index is 3030. The van der Waals surface area contributed by atoms with E-state index in [-0.39, 0.29) is 0 Å². The first-order chi connectivity index (χ1) is 31.0. The summed E-state index contributed by atoms with van der Waals surface area (Å²) in [5.41, 5.74) is 20.6. The summed E-state index contributed by atoms with van der Waals surface area (Å²) < 4.78 is 0. The van der Waals surface area contributed by atoms with E-state index in [9.17, 15) is 0 Å². The molecule has 310 valence electrons. The number of anilines is 2. The molecule has 1 aliphatic carbocycles. The van der Waals surface area contributed by atoms with Gasteiger partial charge in [0.1, 0.15) is 5.82 Å². The third-order valence-electron chi connectivity index (χ3n) is 12.3. The Balaban J connectivity index is 0.00000249. The zero-order chi connectivity index (χ0) is 43.3. The van der Waals surface area contributed by atoms with Gasteiger partial charge in [-0.3, -0.25) is 4.90 Å². The quantitative estimate of drug-likeness (QED) is 0.124. The lowest BCUT2D eigenvalue weighted by Gasteiger charge is -2.32. The van der Waals surface area contributed by atoms with Crippen LogP contribution < -0.4 is 20.9 Å². The molecule has 3 aliphatic rings. The Hall–Kier alpha value is -7.56. The number of nitrogens with zero attached hydrogens (tertiary/aromatic N) is 2. The normalized spacial score (nSPS) is 16.1. The topological polar surface area (TPSA) is 44.5 Å². The first-order valence-corrected chi connectivity index (χ1v) is 22.2. The highest BCUT2D eigenvalue weighted by molar-refractivity contribution is 6.25. The van der Waals surface area contributed by atoms with Crippen LogP contribution in [0.25, 0.3) is 43.5 Å². The van der Waals surface area contributed by atoms with Crippen molar-refractivity contribution in [2.24, 2.45) is 5.73 Å². The first kappa shape index (κ1) is 40.8. The van der Waals surface area contributed by atoms with E-state index in [2.05, 4.69) is 204 Å². The lowest BCUT2D eigenvalue weighted by Crippen LogP contribution is -2.27. The van der Waals surface area contributed by atoms with Crippen molar-refractivity contribution in [1.82, 2.24) is 5.32 Å². The molecule has 0 aromatic heterocycles. The van der Waals surface area contributed by atoms with E-state index in [0.29, 0.717) is 5.82 Å². The molecule has 63 heavy (non-hydrogen) atoms. The molecule has 0 fully saturated rings. The van der Waals surface area contributed by atoms with E-state index in [1.165, 1.54) is 60.3 Å². The fourth-order valence-corrected chi connectivity index (χ4v) is 9.29. The van der Waals surface area contributed by atoms with Crippen molar-refractivity contribution < 1.29 is 0 Å². The van der Waals surface area contributed by atoms with Gasteiger partial charge in [0.15, 0.2) is 0 Å². The van der Waals surface area contributed by atoms with Crippen LogP contribution in [0.3, 0.4) is 0 Å². The summed E-state index contributed by atoms with van der Waals surface area (Å²) >= 11 is 0. The van der Waals surface area contributed by atoms with Gasteiger partial charge in [-0.15, -0.1) is 0 Å². The average molecular weight is 819 g/mol. The number of allylic oxidation sites excluding steroid dienone is 9. The molecular weight excluding hydrogens is 765 g/mol. The van der Waals surface area contributed by atoms with Gasteiger partial charge in [0.2, 0.25) is 0 Å². The zero-order valence-corrected chi connectivity index (χ0v) is 36.3. The molecule has 2 aliphatic heterocycles. The molecule has 7 aromatic rings. The van der Waals surface area contributed by atoms with Crippen LogP contribution in [-0.2, 0) is 12.8 Å². The van der Waals surface area contributed by atoms with Gasteiger partial charge in [0.05, 0.1) is 11.4 Å². The molecule has 10 rings (SSSR count). The minimum atomic E-state index is 0.630. The van der Waals surface area contributed by atoms with Gasteiger partial charge in [-0.25, -0.2) is 0 Å². The number of hydrogen-bond donors (Lipinski definition) is 2. The van der Waals surface area contributed by atoms with Crippen molar-refractivity contribution in [2.75, 3.05) is 9.80 Å². The largest absolute Gasteiger partial charge is 0.385 e. The minimum absolute atomic E-state index is 0.630. The van der Waals surface area contributed by atoms with Gasteiger partial charge in [-0.2, -0.15) is 0 Å². The monoisotopic (exact) mass is 818 g/mol. The van der Waals surface area contributed by atoms with Crippen LogP contribution in [0.1, 0.15) is 55.4 Å². The number of fused-ring (bicyclic) bond motifs is 7. The molecule has 0 saturated carbocycles. The molecule has 4 nitrogen and oxygen atoms in total. The summed E-state index contributed by atoms with van der Waals surface area (Å²) in [7, 11) is 0. The van der Waals surface area contributed by atoms with Crippen LogP contribution in [0, 0.1) is 0 Å². The third-order valence-corrected chi connectivity index (χ3v) is 12.3. The molecule has 3 N–H and O–H groups in total. The number of benzene rings is 7. The second-order valence-electron chi connectivity index (χ2n) is 16.1. The minimum Gasteiger partial charge on any atom is -0.385 e. The predicted octanol–water partition coefficient (Wildman–Crippen LogP) is 14.6. The molecule has 0 spiro atoms. The van der Waals surface area contributed by atoms with Crippen molar-refractivity contribution in [1.29, 1.82) is 0 Å². The summed E-state index contributed by atoms with van der Waals surface area (Å²) in [5, 5.41) is 11.2. The number of rotatable bonds is 7.